The summed E-state index contributed by atoms with van der Waals surface area (Å²) in [4.78, 5) is 24.0. The van der Waals surface area contributed by atoms with E-state index in [1.807, 2.05) is 18.2 Å². The summed E-state index contributed by atoms with van der Waals surface area (Å²) in [6, 6.07) is 5.47. The van der Waals surface area contributed by atoms with Gasteiger partial charge in [-0.1, -0.05) is 15.9 Å². The lowest BCUT2D eigenvalue weighted by Gasteiger charge is -2.17. The minimum absolute atomic E-state index is 0.0515. The van der Waals surface area contributed by atoms with Gasteiger partial charge < -0.3 is 14.7 Å². The number of nitrogens with zero attached hydrogens (tertiary/aromatic N) is 1. The van der Waals surface area contributed by atoms with Crippen molar-refractivity contribution in [2.75, 3.05) is 20.7 Å². The molecule has 6 heteroatoms. The van der Waals surface area contributed by atoms with Crippen molar-refractivity contribution < 1.29 is 19.4 Å². The fraction of sp³-hybridized carbons (Fsp3) is 0.429. The number of benzene rings is 1. The van der Waals surface area contributed by atoms with Gasteiger partial charge in [0.05, 0.1) is 13.5 Å². The summed E-state index contributed by atoms with van der Waals surface area (Å²) in [7, 11) is 3.26. The molecular formula is C14H18BrNO4. The molecule has 0 fully saturated rings. The first-order valence-corrected chi connectivity index (χ1v) is 7.01. The fourth-order valence-electron chi connectivity index (χ4n) is 1.70. The maximum absolute atomic E-state index is 12.1. The Morgan fingerprint density at radius 3 is 2.70 bits per heavy atom. The van der Waals surface area contributed by atoms with E-state index < -0.39 is 5.97 Å². The summed E-state index contributed by atoms with van der Waals surface area (Å²) in [5.41, 5.74) is 0.847. The van der Waals surface area contributed by atoms with Gasteiger partial charge in [0, 0.05) is 24.5 Å². The molecule has 0 aliphatic rings. The van der Waals surface area contributed by atoms with Gasteiger partial charge in [-0.2, -0.15) is 0 Å². The standard InChI is InChI=1S/C14H18BrNO4/c1-16(7-3-4-14(18)19)13(17)9-10-8-11(20-2)5-6-12(10)15/h5-6,8H,3-4,7,9H2,1-2H3,(H,18,19). The molecule has 0 aliphatic heterocycles. The summed E-state index contributed by atoms with van der Waals surface area (Å²) in [6.07, 6.45) is 0.776. The van der Waals surface area contributed by atoms with Gasteiger partial charge in [0.25, 0.3) is 0 Å². The van der Waals surface area contributed by atoms with Crippen LogP contribution in [-0.2, 0) is 16.0 Å². The fourth-order valence-corrected chi connectivity index (χ4v) is 2.09. The Morgan fingerprint density at radius 1 is 1.40 bits per heavy atom. The number of amides is 1. The van der Waals surface area contributed by atoms with E-state index in [-0.39, 0.29) is 18.7 Å². The molecule has 0 spiro atoms. The molecule has 0 unspecified atom stereocenters. The quantitative estimate of drug-likeness (QED) is 0.824. The summed E-state index contributed by atoms with van der Waals surface area (Å²) in [6.45, 7) is 0.437. The summed E-state index contributed by atoms with van der Waals surface area (Å²) < 4.78 is 5.98. The third kappa shape index (κ3) is 5.21. The Kier molecular flexibility index (Phi) is 6.51. The summed E-state index contributed by atoms with van der Waals surface area (Å²) >= 11 is 3.40. The number of carbonyl (C=O) groups is 2. The smallest absolute Gasteiger partial charge is 0.303 e. The number of halogens is 1. The van der Waals surface area contributed by atoms with Crippen molar-refractivity contribution in [1.29, 1.82) is 0 Å². The largest absolute Gasteiger partial charge is 0.497 e. The number of hydrogen-bond donors (Lipinski definition) is 1. The van der Waals surface area contributed by atoms with Crippen molar-refractivity contribution in [1.82, 2.24) is 4.90 Å². The number of aliphatic carboxylic acids is 1. The van der Waals surface area contributed by atoms with Gasteiger partial charge in [-0.15, -0.1) is 0 Å². The first kappa shape index (κ1) is 16.5. The maximum atomic E-state index is 12.1. The molecular weight excluding hydrogens is 326 g/mol. The Morgan fingerprint density at radius 2 is 2.10 bits per heavy atom. The van der Waals surface area contributed by atoms with Crippen molar-refractivity contribution in [3.63, 3.8) is 0 Å². The third-order valence-electron chi connectivity index (χ3n) is 2.90. The maximum Gasteiger partial charge on any atom is 0.303 e. The average Bonchev–Trinajstić information content (AvgIpc) is 2.40. The SMILES string of the molecule is COc1ccc(Br)c(CC(=O)N(C)CCCC(=O)O)c1. The van der Waals surface area contributed by atoms with E-state index in [1.54, 1.807) is 19.1 Å². The van der Waals surface area contributed by atoms with E-state index in [0.717, 1.165) is 10.0 Å². The highest BCUT2D eigenvalue weighted by atomic mass is 79.9. The first-order valence-electron chi connectivity index (χ1n) is 6.22. The van der Waals surface area contributed by atoms with Crippen LogP contribution in [0.3, 0.4) is 0 Å². The van der Waals surface area contributed by atoms with Crippen molar-refractivity contribution >= 4 is 27.8 Å². The number of ether oxygens (including phenoxy) is 1. The van der Waals surface area contributed by atoms with Crippen LogP contribution >= 0.6 is 15.9 Å². The lowest BCUT2D eigenvalue weighted by molar-refractivity contribution is -0.138. The zero-order valence-corrected chi connectivity index (χ0v) is 13.1. The van der Waals surface area contributed by atoms with E-state index >= 15 is 0 Å². The minimum atomic E-state index is -0.846. The van der Waals surface area contributed by atoms with E-state index in [4.69, 9.17) is 9.84 Å². The van der Waals surface area contributed by atoms with Crippen molar-refractivity contribution in [3.05, 3.63) is 28.2 Å². The molecule has 0 heterocycles. The van der Waals surface area contributed by atoms with Gasteiger partial charge in [-0.25, -0.2) is 0 Å². The summed E-state index contributed by atoms with van der Waals surface area (Å²) in [5, 5.41) is 8.57. The molecule has 0 radical (unpaired) electrons. The number of carbonyl (C=O) groups excluding carboxylic acids is 1. The lowest BCUT2D eigenvalue weighted by atomic mass is 10.1. The highest BCUT2D eigenvalue weighted by molar-refractivity contribution is 9.10. The molecule has 20 heavy (non-hydrogen) atoms. The molecule has 110 valence electrons. The van der Waals surface area contributed by atoms with Crippen LogP contribution < -0.4 is 4.74 Å². The van der Waals surface area contributed by atoms with Crippen molar-refractivity contribution in [2.45, 2.75) is 19.3 Å². The monoisotopic (exact) mass is 343 g/mol. The highest BCUT2D eigenvalue weighted by Crippen LogP contribution is 2.23. The van der Waals surface area contributed by atoms with Crippen LogP contribution in [0.4, 0.5) is 0 Å². The number of methoxy groups -OCH3 is 1. The average molecular weight is 344 g/mol. The first-order chi connectivity index (χ1) is 9.43. The van der Waals surface area contributed by atoms with E-state index in [9.17, 15) is 9.59 Å². The zero-order valence-electron chi connectivity index (χ0n) is 11.6. The Hall–Kier alpha value is -1.56. The number of carboxylic acids is 1. The number of carboxylic acid groups (broad SMARTS) is 1. The van der Waals surface area contributed by atoms with Crippen LogP contribution in [0.2, 0.25) is 0 Å². The third-order valence-corrected chi connectivity index (χ3v) is 3.68. The molecule has 0 aliphatic carbocycles. The summed E-state index contributed by atoms with van der Waals surface area (Å²) in [5.74, 6) is -0.199. The van der Waals surface area contributed by atoms with Crippen LogP contribution in [0.5, 0.6) is 5.75 Å². The lowest BCUT2D eigenvalue weighted by Crippen LogP contribution is -2.29. The Labute approximate surface area is 126 Å². The van der Waals surface area contributed by atoms with Gasteiger partial charge in [0.1, 0.15) is 5.75 Å². The van der Waals surface area contributed by atoms with Gasteiger partial charge in [-0.3, -0.25) is 9.59 Å². The van der Waals surface area contributed by atoms with Gasteiger partial charge in [0.15, 0.2) is 0 Å². The second-order valence-electron chi connectivity index (χ2n) is 4.45. The topological polar surface area (TPSA) is 66.8 Å². The van der Waals surface area contributed by atoms with Crippen LogP contribution in [-0.4, -0.2) is 42.6 Å². The van der Waals surface area contributed by atoms with E-state index in [0.29, 0.717) is 18.7 Å². The molecule has 1 N–H and O–H groups in total. The van der Waals surface area contributed by atoms with Gasteiger partial charge in [-0.05, 0) is 30.2 Å². The molecule has 1 amide bonds. The molecule has 1 aromatic carbocycles. The molecule has 0 saturated carbocycles. The van der Waals surface area contributed by atoms with Crippen LogP contribution in [0.1, 0.15) is 18.4 Å². The second kappa shape index (κ2) is 7.89. The predicted octanol–water partition coefficient (Wildman–Crippen LogP) is 2.32. The Balaban J connectivity index is 2.58. The number of rotatable bonds is 7. The minimum Gasteiger partial charge on any atom is -0.497 e. The normalized spacial score (nSPS) is 10.2. The van der Waals surface area contributed by atoms with Crippen LogP contribution in [0.25, 0.3) is 0 Å². The highest BCUT2D eigenvalue weighted by Gasteiger charge is 2.12. The molecule has 1 rings (SSSR count). The van der Waals surface area contributed by atoms with Crippen LogP contribution in [0, 0.1) is 0 Å². The number of likely N-dealkylation sites (N-methyl/N-ethyl adjacent to an activating group) is 1. The molecule has 0 bridgehead atoms. The predicted molar refractivity (Wildman–Crippen MR) is 78.9 cm³/mol. The van der Waals surface area contributed by atoms with Crippen molar-refractivity contribution in [3.8, 4) is 5.75 Å². The van der Waals surface area contributed by atoms with Gasteiger partial charge >= 0.3 is 5.97 Å². The number of hydrogen-bond acceptors (Lipinski definition) is 3. The Bertz CT molecular complexity index is 490. The molecule has 0 aromatic heterocycles. The zero-order chi connectivity index (χ0) is 15.1. The van der Waals surface area contributed by atoms with Crippen LogP contribution in [0.15, 0.2) is 22.7 Å². The molecule has 1 aromatic rings. The molecule has 5 nitrogen and oxygen atoms in total. The van der Waals surface area contributed by atoms with Crippen molar-refractivity contribution in [2.24, 2.45) is 0 Å². The molecule has 0 atom stereocenters. The van der Waals surface area contributed by atoms with E-state index in [2.05, 4.69) is 15.9 Å². The molecule has 0 saturated heterocycles. The van der Waals surface area contributed by atoms with E-state index in [1.165, 1.54) is 0 Å². The second-order valence-corrected chi connectivity index (χ2v) is 5.30. The van der Waals surface area contributed by atoms with Gasteiger partial charge in [0.2, 0.25) is 5.91 Å².